The Balaban J connectivity index is 1.11. The highest BCUT2D eigenvalue weighted by atomic mass is 32.1. The molecular formula is C50H32N4S. The van der Waals surface area contributed by atoms with Crippen molar-refractivity contribution in [3.63, 3.8) is 0 Å². The first-order valence-electron chi connectivity index (χ1n) is 18.9. The Morgan fingerprint density at radius 2 is 1.25 bits per heavy atom. The Hall–Kier alpha value is -6.82. The van der Waals surface area contributed by atoms with Crippen molar-refractivity contribution in [1.29, 1.82) is 0 Å². The van der Waals surface area contributed by atoms with E-state index >= 15 is 0 Å². The van der Waals surface area contributed by atoms with E-state index in [1.165, 1.54) is 71.3 Å². The molecule has 12 rings (SSSR count). The van der Waals surface area contributed by atoms with E-state index in [1.54, 1.807) is 11.3 Å². The van der Waals surface area contributed by atoms with Gasteiger partial charge in [0.25, 0.3) is 0 Å². The minimum Gasteiger partial charge on any atom is -0.309 e. The number of hydrogen-bond donors (Lipinski definition) is 0. The highest BCUT2D eigenvalue weighted by Gasteiger charge is 2.21. The van der Waals surface area contributed by atoms with Gasteiger partial charge in [0, 0.05) is 32.8 Å². The Morgan fingerprint density at radius 1 is 0.527 bits per heavy atom. The van der Waals surface area contributed by atoms with E-state index in [-0.39, 0.29) is 0 Å². The standard InChI is InChI=1S/C50H32N4S/c1-3-12-32(13-4-1)48-49-42(25-26-55-49)51-50(52-48)54-43-23-21-35(28-40(43)41-27-33-14-7-8-15-34(33)29-46(41)54)36-19-22-39-45(30-36)53(37-16-5-2-6-17-37)44-24-20-31-11-9-10-18-38(31)47(39)44/h1-9,11-17,19-30H,10,18H2. The third kappa shape index (κ3) is 4.63. The Kier molecular flexibility index (Phi) is 6.59. The lowest BCUT2D eigenvalue weighted by Gasteiger charge is -2.13. The van der Waals surface area contributed by atoms with Crippen molar-refractivity contribution in [3.05, 3.63) is 174 Å². The molecule has 1 aliphatic carbocycles. The Labute approximate surface area is 320 Å². The second kappa shape index (κ2) is 11.8. The van der Waals surface area contributed by atoms with Gasteiger partial charge < -0.3 is 4.57 Å². The van der Waals surface area contributed by atoms with Gasteiger partial charge in [-0.25, -0.2) is 9.97 Å². The van der Waals surface area contributed by atoms with Crippen LogP contribution in [0.3, 0.4) is 0 Å². The molecule has 4 nitrogen and oxygen atoms in total. The third-order valence-corrected chi connectivity index (χ3v) is 12.4. The van der Waals surface area contributed by atoms with Crippen LogP contribution in [0.4, 0.5) is 0 Å². The van der Waals surface area contributed by atoms with E-state index < -0.39 is 0 Å². The van der Waals surface area contributed by atoms with Crippen molar-refractivity contribution in [3.8, 4) is 34.0 Å². The number of allylic oxidation sites excluding steroid dienone is 1. The average molecular weight is 721 g/mol. The molecule has 0 amide bonds. The molecule has 0 aliphatic heterocycles. The first kappa shape index (κ1) is 30.6. The van der Waals surface area contributed by atoms with Gasteiger partial charge >= 0.3 is 0 Å². The van der Waals surface area contributed by atoms with Crippen molar-refractivity contribution in [2.24, 2.45) is 0 Å². The van der Waals surface area contributed by atoms with E-state index in [9.17, 15) is 0 Å². The molecular weight excluding hydrogens is 689 g/mol. The van der Waals surface area contributed by atoms with Crippen molar-refractivity contribution >= 4 is 82.0 Å². The molecule has 0 unspecified atom stereocenters. The molecule has 4 heterocycles. The van der Waals surface area contributed by atoms with Gasteiger partial charge in [-0.15, -0.1) is 11.3 Å². The number of benzene rings is 7. The molecule has 4 aromatic heterocycles. The molecule has 0 saturated heterocycles. The van der Waals surface area contributed by atoms with Crippen LogP contribution < -0.4 is 0 Å². The van der Waals surface area contributed by atoms with Crippen LogP contribution in [0.15, 0.2) is 163 Å². The molecule has 0 fully saturated rings. The number of rotatable bonds is 4. The zero-order valence-electron chi connectivity index (χ0n) is 29.8. The normalized spacial score (nSPS) is 12.9. The fourth-order valence-electron chi connectivity index (χ4n) is 8.94. The van der Waals surface area contributed by atoms with E-state index in [4.69, 9.17) is 9.97 Å². The smallest absolute Gasteiger partial charge is 0.235 e. The lowest BCUT2D eigenvalue weighted by molar-refractivity contribution is 0.997. The van der Waals surface area contributed by atoms with E-state index in [2.05, 4.69) is 178 Å². The minimum absolute atomic E-state index is 0.680. The second-order valence-electron chi connectivity index (χ2n) is 14.5. The summed E-state index contributed by atoms with van der Waals surface area (Å²) in [5.74, 6) is 0.680. The molecule has 0 bridgehead atoms. The number of aromatic nitrogens is 4. The number of thiophene rings is 1. The summed E-state index contributed by atoms with van der Waals surface area (Å²) in [6.07, 6.45) is 6.72. The monoisotopic (exact) mass is 720 g/mol. The number of para-hydroxylation sites is 1. The van der Waals surface area contributed by atoms with Crippen molar-refractivity contribution in [2.45, 2.75) is 12.8 Å². The summed E-state index contributed by atoms with van der Waals surface area (Å²) < 4.78 is 5.81. The number of hydrogen-bond acceptors (Lipinski definition) is 3. The summed E-state index contributed by atoms with van der Waals surface area (Å²) in [6.45, 7) is 0. The van der Waals surface area contributed by atoms with Gasteiger partial charge in [-0.1, -0.05) is 109 Å². The van der Waals surface area contributed by atoms with Crippen LogP contribution in [0.1, 0.15) is 17.5 Å². The molecule has 55 heavy (non-hydrogen) atoms. The third-order valence-electron chi connectivity index (χ3n) is 11.5. The lowest BCUT2D eigenvalue weighted by atomic mass is 9.92. The van der Waals surface area contributed by atoms with Gasteiger partial charge in [-0.3, -0.25) is 4.57 Å². The predicted octanol–water partition coefficient (Wildman–Crippen LogP) is 13.3. The van der Waals surface area contributed by atoms with Crippen molar-refractivity contribution in [2.75, 3.05) is 0 Å². The fourth-order valence-corrected chi connectivity index (χ4v) is 9.78. The van der Waals surface area contributed by atoms with Gasteiger partial charge in [0.1, 0.15) is 0 Å². The lowest BCUT2D eigenvalue weighted by Crippen LogP contribution is -2.02. The number of aryl methyl sites for hydroxylation is 1. The largest absolute Gasteiger partial charge is 0.309 e. The highest BCUT2D eigenvalue weighted by molar-refractivity contribution is 7.17. The van der Waals surface area contributed by atoms with Crippen LogP contribution in [0, 0.1) is 0 Å². The SMILES string of the molecule is C1=Cc2ccc3c(c2CC1)c1ccc(-c2ccc4c(c2)c2cc5ccccc5cc2n4-c2nc(-c4ccccc4)c4sccc4n2)cc1n3-c1ccccc1. The summed E-state index contributed by atoms with van der Waals surface area (Å²) in [7, 11) is 0. The second-order valence-corrected chi connectivity index (χ2v) is 15.4. The van der Waals surface area contributed by atoms with Gasteiger partial charge in [0.05, 0.1) is 38.0 Å². The van der Waals surface area contributed by atoms with E-state index in [0.29, 0.717) is 5.95 Å². The maximum Gasteiger partial charge on any atom is 0.235 e. The predicted molar refractivity (Wildman–Crippen MR) is 232 cm³/mol. The van der Waals surface area contributed by atoms with Gasteiger partial charge in [0.2, 0.25) is 5.95 Å². The summed E-state index contributed by atoms with van der Waals surface area (Å²) in [6, 6.07) is 55.2. The Morgan fingerprint density at radius 3 is 2.13 bits per heavy atom. The molecule has 7 aromatic carbocycles. The van der Waals surface area contributed by atoms with Crippen LogP contribution in [0.5, 0.6) is 0 Å². The van der Waals surface area contributed by atoms with Crippen LogP contribution in [-0.2, 0) is 6.42 Å². The topological polar surface area (TPSA) is 35.6 Å². The molecule has 0 atom stereocenters. The van der Waals surface area contributed by atoms with Crippen LogP contribution in [0.2, 0.25) is 0 Å². The highest BCUT2D eigenvalue weighted by Crippen LogP contribution is 2.42. The van der Waals surface area contributed by atoms with Gasteiger partial charge in [-0.05, 0) is 106 Å². The molecule has 0 spiro atoms. The van der Waals surface area contributed by atoms with Gasteiger partial charge in [0.15, 0.2) is 0 Å². The minimum atomic E-state index is 0.680. The maximum absolute atomic E-state index is 5.33. The molecule has 258 valence electrons. The van der Waals surface area contributed by atoms with Gasteiger partial charge in [-0.2, -0.15) is 0 Å². The number of fused-ring (bicyclic) bond motifs is 10. The van der Waals surface area contributed by atoms with Crippen molar-refractivity contribution in [1.82, 2.24) is 19.1 Å². The quantitative estimate of drug-likeness (QED) is 0.181. The molecule has 11 aromatic rings. The zero-order chi connectivity index (χ0) is 36.0. The fraction of sp³-hybridized carbons (Fsp3) is 0.0400. The summed E-state index contributed by atoms with van der Waals surface area (Å²) >= 11 is 1.69. The van der Waals surface area contributed by atoms with E-state index in [0.717, 1.165) is 45.3 Å². The zero-order valence-corrected chi connectivity index (χ0v) is 30.6. The summed E-state index contributed by atoms with van der Waals surface area (Å²) in [4.78, 5) is 10.5. The average Bonchev–Trinajstić information content (AvgIpc) is 3.95. The van der Waals surface area contributed by atoms with Crippen LogP contribution in [0.25, 0.3) is 105 Å². The van der Waals surface area contributed by atoms with E-state index in [1.807, 2.05) is 0 Å². The summed E-state index contributed by atoms with van der Waals surface area (Å²) in [5, 5.41) is 9.55. The molecule has 1 aliphatic rings. The number of nitrogens with zero attached hydrogens (tertiary/aromatic N) is 4. The maximum atomic E-state index is 5.33. The molecule has 0 saturated carbocycles. The molecule has 5 heteroatoms. The van der Waals surface area contributed by atoms with Crippen LogP contribution in [-0.4, -0.2) is 19.1 Å². The van der Waals surface area contributed by atoms with Crippen LogP contribution >= 0.6 is 11.3 Å². The van der Waals surface area contributed by atoms with Crippen molar-refractivity contribution < 1.29 is 0 Å². The molecule has 0 radical (unpaired) electrons. The summed E-state index contributed by atoms with van der Waals surface area (Å²) in [5.41, 5.74) is 14.0. The first-order chi connectivity index (χ1) is 27.3. The first-order valence-corrected chi connectivity index (χ1v) is 19.8. The Bertz CT molecular complexity index is 3370. The molecule has 0 N–H and O–H groups in total.